The van der Waals surface area contributed by atoms with Crippen LogP contribution in [0.2, 0.25) is 0 Å². The van der Waals surface area contributed by atoms with Crippen molar-refractivity contribution in [2.24, 2.45) is 5.92 Å². The van der Waals surface area contributed by atoms with Crippen LogP contribution in [0.15, 0.2) is 60.7 Å². The van der Waals surface area contributed by atoms with Crippen LogP contribution < -0.4 is 4.74 Å². The number of rotatable bonds is 6. The molecule has 1 aliphatic carbocycles. The zero-order valence-corrected chi connectivity index (χ0v) is 12.8. The molecular weight excluding hydrogens is 274 g/mol. The van der Waals surface area contributed by atoms with Crippen LogP contribution in [0, 0.1) is 5.92 Å². The molecule has 2 atom stereocenters. The highest BCUT2D eigenvalue weighted by Crippen LogP contribution is 2.47. The minimum atomic E-state index is -0.203. The molecule has 0 radical (unpaired) electrons. The molecule has 0 amide bonds. The quantitative estimate of drug-likeness (QED) is 0.605. The van der Waals surface area contributed by atoms with E-state index >= 15 is 0 Å². The number of para-hydroxylation sites is 1. The Balaban J connectivity index is 1.44. The van der Waals surface area contributed by atoms with Gasteiger partial charge in [0.15, 0.2) is 0 Å². The summed E-state index contributed by atoms with van der Waals surface area (Å²) in [6.07, 6.45) is 1.21. The summed E-state index contributed by atoms with van der Waals surface area (Å²) in [5, 5.41) is 0. The van der Waals surface area contributed by atoms with E-state index in [0.717, 1.165) is 6.54 Å². The molecule has 0 spiro atoms. The van der Waals surface area contributed by atoms with Gasteiger partial charge < -0.3 is 4.74 Å². The average molecular weight is 295 g/mol. The van der Waals surface area contributed by atoms with Crippen LogP contribution in [0.4, 0.5) is 0 Å². The third-order valence-electron chi connectivity index (χ3n) is 4.07. The Kier molecular flexibility index (Phi) is 4.54. The van der Waals surface area contributed by atoms with Gasteiger partial charge in [0.25, 0.3) is 0 Å². The van der Waals surface area contributed by atoms with Gasteiger partial charge in [0.05, 0.1) is 6.54 Å². The maximum absolute atomic E-state index is 11.9. The van der Waals surface area contributed by atoms with E-state index in [1.165, 1.54) is 12.0 Å². The standard InChI is InChI=1S/C19H21NO2/c1-20(14-19(21)22-17-10-6-3-7-11-17)13-16-12-18(16)15-8-4-2-5-9-15/h2-11,16,18H,12-14H2,1H3. The number of benzene rings is 2. The fourth-order valence-corrected chi connectivity index (χ4v) is 2.90. The molecule has 22 heavy (non-hydrogen) atoms. The molecule has 0 aromatic heterocycles. The van der Waals surface area contributed by atoms with Gasteiger partial charge in [0, 0.05) is 6.54 Å². The van der Waals surface area contributed by atoms with E-state index in [4.69, 9.17) is 4.74 Å². The molecule has 3 heteroatoms. The lowest BCUT2D eigenvalue weighted by molar-refractivity contribution is -0.135. The molecule has 0 bridgehead atoms. The monoisotopic (exact) mass is 295 g/mol. The van der Waals surface area contributed by atoms with Crippen molar-refractivity contribution in [1.29, 1.82) is 0 Å². The molecule has 0 saturated heterocycles. The van der Waals surface area contributed by atoms with Gasteiger partial charge >= 0.3 is 5.97 Å². The van der Waals surface area contributed by atoms with Crippen molar-refractivity contribution >= 4 is 5.97 Å². The van der Waals surface area contributed by atoms with Gasteiger partial charge in [-0.1, -0.05) is 48.5 Å². The summed E-state index contributed by atoms with van der Waals surface area (Å²) in [5.74, 6) is 1.70. The van der Waals surface area contributed by atoms with Crippen LogP contribution >= 0.6 is 0 Å². The van der Waals surface area contributed by atoms with Crippen LogP contribution in [0.1, 0.15) is 17.9 Å². The second-order valence-electron chi connectivity index (χ2n) is 6.00. The Morgan fingerprint density at radius 3 is 2.41 bits per heavy atom. The van der Waals surface area contributed by atoms with Crippen molar-refractivity contribution in [1.82, 2.24) is 4.90 Å². The van der Waals surface area contributed by atoms with Crippen molar-refractivity contribution in [3.05, 3.63) is 66.2 Å². The van der Waals surface area contributed by atoms with Crippen molar-refractivity contribution in [3.8, 4) is 5.75 Å². The topological polar surface area (TPSA) is 29.5 Å². The average Bonchev–Trinajstić information content (AvgIpc) is 3.28. The van der Waals surface area contributed by atoms with E-state index in [0.29, 0.717) is 24.1 Å². The number of carbonyl (C=O) groups is 1. The SMILES string of the molecule is CN(CC(=O)Oc1ccccc1)CC1CC1c1ccccc1. The molecule has 2 aromatic rings. The predicted molar refractivity (Wildman–Crippen MR) is 86.9 cm³/mol. The minimum absolute atomic E-state index is 0.203. The number of carbonyl (C=O) groups excluding carboxylic acids is 1. The van der Waals surface area contributed by atoms with Crippen molar-refractivity contribution in [3.63, 3.8) is 0 Å². The normalized spacial score (nSPS) is 19.9. The summed E-state index contributed by atoms with van der Waals surface area (Å²) < 4.78 is 5.32. The van der Waals surface area contributed by atoms with Crippen LogP contribution in [0.25, 0.3) is 0 Å². The largest absolute Gasteiger partial charge is 0.426 e. The number of nitrogens with zero attached hydrogens (tertiary/aromatic N) is 1. The van der Waals surface area contributed by atoms with E-state index in [-0.39, 0.29) is 5.97 Å². The molecule has 3 rings (SSSR count). The maximum atomic E-state index is 11.9. The van der Waals surface area contributed by atoms with E-state index in [2.05, 4.69) is 29.2 Å². The van der Waals surface area contributed by atoms with Gasteiger partial charge in [-0.2, -0.15) is 0 Å². The van der Waals surface area contributed by atoms with Gasteiger partial charge in [-0.05, 0) is 43.0 Å². The number of hydrogen-bond acceptors (Lipinski definition) is 3. The van der Waals surface area contributed by atoms with E-state index in [1.807, 2.05) is 31.3 Å². The first kappa shape index (κ1) is 14.8. The van der Waals surface area contributed by atoms with E-state index < -0.39 is 0 Å². The Bertz CT molecular complexity index is 612. The zero-order chi connectivity index (χ0) is 15.4. The third kappa shape index (κ3) is 3.95. The van der Waals surface area contributed by atoms with Crippen molar-refractivity contribution in [2.45, 2.75) is 12.3 Å². The predicted octanol–water partition coefficient (Wildman–Crippen LogP) is 3.33. The Hall–Kier alpha value is -2.13. The molecule has 2 unspecified atom stereocenters. The van der Waals surface area contributed by atoms with Crippen molar-refractivity contribution < 1.29 is 9.53 Å². The van der Waals surface area contributed by atoms with Gasteiger partial charge in [0.2, 0.25) is 0 Å². The van der Waals surface area contributed by atoms with Gasteiger partial charge in [-0.15, -0.1) is 0 Å². The summed E-state index contributed by atoms with van der Waals surface area (Å²) in [5.41, 5.74) is 1.41. The number of hydrogen-bond donors (Lipinski definition) is 0. The summed E-state index contributed by atoms with van der Waals surface area (Å²) in [7, 11) is 1.98. The van der Waals surface area contributed by atoms with Crippen LogP contribution in [0.5, 0.6) is 5.75 Å². The summed E-state index contributed by atoms with van der Waals surface area (Å²) in [6, 6.07) is 19.8. The highest BCUT2D eigenvalue weighted by atomic mass is 16.5. The van der Waals surface area contributed by atoms with E-state index in [1.54, 1.807) is 12.1 Å². The van der Waals surface area contributed by atoms with Crippen LogP contribution in [-0.2, 0) is 4.79 Å². The molecule has 1 fully saturated rings. The molecular formula is C19H21NO2. The Morgan fingerprint density at radius 2 is 1.73 bits per heavy atom. The van der Waals surface area contributed by atoms with Crippen LogP contribution in [-0.4, -0.2) is 31.0 Å². The number of likely N-dealkylation sites (N-methyl/N-ethyl adjacent to an activating group) is 1. The fourth-order valence-electron chi connectivity index (χ4n) is 2.90. The summed E-state index contributed by atoms with van der Waals surface area (Å²) >= 11 is 0. The smallest absolute Gasteiger partial charge is 0.325 e. The molecule has 1 saturated carbocycles. The van der Waals surface area contributed by atoms with Gasteiger partial charge in [0.1, 0.15) is 5.75 Å². The Labute approximate surface area is 131 Å². The molecule has 0 aliphatic heterocycles. The lowest BCUT2D eigenvalue weighted by atomic mass is 10.1. The molecule has 2 aromatic carbocycles. The highest BCUT2D eigenvalue weighted by molar-refractivity contribution is 5.74. The Morgan fingerprint density at radius 1 is 1.09 bits per heavy atom. The first-order valence-electron chi connectivity index (χ1n) is 7.71. The lowest BCUT2D eigenvalue weighted by Gasteiger charge is -2.15. The molecule has 3 nitrogen and oxygen atoms in total. The van der Waals surface area contributed by atoms with Crippen molar-refractivity contribution in [2.75, 3.05) is 20.1 Å². The zero-order valence-electron chi connectivity index (χ0n) is 12.8. The lowest BCUT2D eigenvalue weighted by Crippen LogP contribution is -2.30. The van der Waals surface area contributed by atoms with Gasteiger partial charge in [-0.3, -0.25) is 9.69 Å². The highest BCUT2D eigenvalue weighted by Gasteiger charge is 2.38. The number of ether oxygens (including phenoxy) is 1. The first-order chi connectivity index (χ1) is 10.7. The molecule has 1 aliphatic rings. The molecule has 0 N–H and O–H groups in total. The number of esters is 1. The minimum Gasteiger partial charge on any atom is -0.426 e. The molecule has 0 heterocycles. The van der Waals surface area contributed by atoms with E-state index in [9.17, 15) is 4.79 Å². The molecule has 114 valence electrons. The third-order valence-corrected chi connectivity index (χ3v) is 4.07. The summed E-state index contributed by atoms with van der Waals surface area (Å²) in [6.45, 7) is 1.26. The second kappa shape index (κ2) is 6.75. The summed E-state index contributed by atoms with van der Waals surface area (Å²) in [4.78, 5) is 14.0. The first-order valence-corrected chi connectivity index (χ1v) is 7.71. The second-order valence-corrected chi connectivity index (χ2v) is 6.00. The van der Waals surface area contributed by atoms with Crippen LogP contribution in [0.3, 0.4) is 0 Å². The van der Waals surface area contributed by atoms with Gasteiger partial charge in [-0.25, -0.2) is 0 Å². The fraction of sp³-hybridized carbons (Fsp3) is 0.316. The maximum Gasteiger partial charge on any atom is 0.325 e.